The summed E-state index contributed by atoms with van der Waals surface area (Å²) in [5.41, 5.74) is 2.42. The topological polar surface area (TPSA) is 78.3 Å². The Labute approximate surface area is 207 Å². The lowest BCUT2D eigenvalue weighted by Gasteiger charge is -2.17. The smallest absolute Gasteiger partial charge is 0.234 e. The Bertz CT molecular complexity index is 1310. The van der Waals surface area contributed by atoms with Gasteiger partial charge in [-0.05, 0) is 55.8 Å². The van der Waals surface area contributed by atoms with Crippen LogP contribution in [0.1, 0.15) is 24.4 Å². The third-order valence-corrected chi connectivity index (χ3v) is 6.07. The van der Waals surface area contributed by atoms with Gasteiger partial charge in [0.1, 0.15) is 5.75 Å². The fraction of sp³-hybridized carbons (Fsp3) is 0.192. The second kappa shape index (κ2) is 11.1. The van der Waals surface area contributed by atoms with E-state index in [1.807, 2.05) is 60.0 Å². The molecule has 0 aliphatic carbocycles. The number of aryl methyl sites for hydroxylation is 1. The summed E-state index contributed by atoms with van der Waals surface area (Å²) in [6.07, 6.45) is -0.598. The van der Waals surface area contributed by atoms with Crippen molar-refractivity contribution in [3.63, 3.8) is 0 Å². The lowest BCUT2D eigenvalue weighted by Crippen LogP contribution is -2.16. The molecule has 1 amide bonds. The number of aromatic nitrogens is 3. The van der Waals surface area contributed by atoms with E-state index in [1.54, 1.807) is 32.2 Å². The van der Waals surface area contributed by atoms with Gasteiger partial charge in [-0.1, -0.05) is 48.2 Å². The first-order valence-corrected chi connectivity index (χ1v) is 11.9. The summed E-state index contributed by atoms with van der Waals surface area (Å²) in [6.45, 7) is 3.72. The SMILES string of the molecule is COc1ccc(C)cc1NC(=O)CSc1nnc(C(C)Oc2ccccc2F)n1-c1ccccc1. The first-order valence-electron chi connectivity index (χ1n) is 11.0. The third-order valence-electron chi connectivity index (χ3n) is 5.14. The molecule has 0 radical (unpaired) electrons. The fourth-order valence-electron chi connectivity index (χ4n) is 3.48. The number of para-hydroxylation sites is 2. The minimum atomic E-state index is -0.598. The zero-order valence-electron chi connectivity index (χ0n) is 19.6. The van der Waals surface area contributed by atoms with E-state index in [0.29, 0.717) is 22.4 Å². The number of anilines is 1. The molecule has 9 heteroatoms. The van der Waals surface area contributed by atoms with Crippen molar-refractivity contribution >= 4 is 23.4 Å². The van der Waals surface area contributed by atoms with Crippen LogP contribution in [0.2, 0.25) is 0 Å². The quantitative estimate of drug-likeness (QED) is 0.307. The van der Waals surface area contributed by atoms with Crippen LogP contribution < -0.4 is 14.8 Å². The molecule has 3 aromatic carbocycles. The molecule has 35 heavy (non-hydrogen) atoms. The van der Waals surface area contributed by atoms with Crippen LogP contribution in [-0.4, -0.2) is 33.5 Å². The highest BCUT2D eigenvalue weighted by molar-refractivity contribution is 7.99. The Kier molecular flexibility index (Phi) is 7.67. The molecule has 0 aliphatic rings. The molecule has 0 bridgehead atoms. The summed E-state index contributed by atoms with van der Waals surface area (Å²) in [4.78, 5) is 12.7. The van der Waals surface area contributed by atoms with Crippen LogP contribution in [0.25, 0.3) is 5.69 Å². The van der Waals surface area contributed by atoms with Crippen molar-refractivity contribution in [3.05, 3.63) is 90.0 Å². The molecule has 1 aromatic heterocycles. The number of nitrogens with one attached hydrogen (secondary N) is 1. The van der Waals surface area contributed by atoms with Gasteiger partial charge in [0.2, 0.25) is 5.91 Å². The average molecular weight is 493 g/mol. The minimum Gasteiger partial charge on any atom is -0.495 e. The van der Waals surface area contributed by atoms with Gasteiger partial charge < -0.3 is 14.8 Å². The molecule has 7 nitrogen and oxygen atoms in total. The second-order valence-corrected chi connectivity index (χ2v) is 8.69. The van der Waals surface area contributed by atoms with Gasteiger partial charge in [0.05, 0.1) is 18.6 Å². The number of amides is 1. The summed E-state index contributed by atoms with van der Waals surface area (Å²) in [7, 11) is 1.56. The molecule has 0 fully saturated rings. The van der Waals surface area contributed by atoms with E-state index in [9.17, 15) is 9.18 Å². The zero-order valence-corrected chi connectivity index (χ0v) is 20.4. The number of thioether (sulfide) groups is 1. The monoisotopic (exact) mass is 492 g/mol. The Morgan fingerprint density at radius 1 is 1.06 bits per heavy atom. The number of hydrogen-bond donors (Lipinski definition) is 1. The molecule has 0 saturated heterocycles. The van der Waals surface area contributed by atoms with Gasteiger partial charge in [0.15, 0.2) is 28.7 Å². The van der Waals surface area contributed by atoms with Crippen molar-refractivity contribution in [1.82, 2.24) is 14.8 Å². The van der Waals surface area contributed by atoms with Gasteiger partial charge in [-0.15, -0.1) is 10.2 Å². The van der Waals surface area contributed by atoms with Gasteiger partial charge in [0, 0.05) is 5.69 Å². The second-order valence-electron chi connectivity index (χ2n) is 7.74. The van der Waals surface area contributed by atoms with Gasteiger partial charge in [0.25, 0.3) is 0 Å². The molecule has 1 unspecified atom stereocenters. The van der Waals surface area contributed by atoms with E-state index in [4.69, 9.17) is 9.47 Å². The third kappa shape index (κ3) is 5.81. The molecule has 0 spiro atoms. The van der Waals surface area contributed by atoms with Crippen molar-refractivity contribution in [3.8, 4) is 17.2 Å². The Morgan fingerprint density at radius 2 is 1.80 bits per heavy atom. The number of methoxy groups -OCH3 is 1. The average Bonchev–Trinajstić information content (AvgIpc) is 3.29. The maximum atomic E-state index is 14.1. The van der Waals surface area contributed by atoms with Crippen LogP contribution in [-0.2, 0) is 4.79 Å². The van der Waals surface area contributed by atoms with Crippen molar-refractivity contribution in [2.45, 2.75) is 25.1 Å². The van der Waals surface area contributed by atoms with Gasteiger partial charge in [-0.3, -0.25) is 9.36 Å². The van der Waals surface area contributed by atoms with Crippen molar-refractivity contribution in [1.29, 1.82) is 0 Å². The molecule has 180 valence electrons. The Hall–Kier alpha value is -3.85. The van der Waals surface area contributed by atoms with Crippen molar-refractivity contribution in [2.75, 3.05) is 18.2 Å². The first kappa shape index (κ1) is 24.3. The lowest BCUT2D eigenvalue weighted by molar-refractivity contribution is -0.113. The number of carbonyl (C=O) groups excluding carboxylic acids is 1. The predicted octanol–water partition coefficient (Wildman–Crippen LogP) is 5.59. The number of benzene rings is 3. The molecule has 1 heterocycles. The van der Waals surface area contributed by atoms with Gasteiger partial charge in [-0.25, -0.2) is 4.39 Å². The molecule has 1 atom stereocenters. The summed E-state index contributed by atoms with van der Waals surface area (Å²) in [5, 5.41) is 12.0. The normalized spacial score (nSPS) is 11.7. The summed E-state index contributed by atoms with van der Waals surface area (Å²) < 4.78 is 27.1. The highest BCUT2D eigenvalue weighted by Gasteiger charge is 2.22. The molecular weight excluding hydrogens is 467 g/mol. The van der Waals surface area contributed by atoms with Crippen molar-refractivity contribution < 1.29 is 18.7 Å². The summed E-state index contributed by atoms with van der Waals surface area (Å²) in [5.74, 6) is 0.639. The van der Waals surface area contributed by atoms with E-state index in [-0.39, 0.29) is 17.4 Å². The molecular formula is C26H25FN4O3S. The molecule has 4 rings (SSSR count). The minimum absolute atomic E-state index is 0.102. The standard InChI is InChI=1S/C26H25FN4O3S/c1-17-13-14-23(33-3)21(15-17)28-24(32)16-35-26-30-29-25(31(26)19-9-5-4-6-10-19)18(2)34-22-12-8-7-11-20(22)27/h4-15,18H,16H2,1-3H3,(H,28,32). The number of halogens is 1. The van der Waals surface area contributed by atoms with Gasteiger partial charge in [-0.2, -0.15) is 0 Å². The lowest BCUT2D eigenvalue weighted by atomic mass is 10.2. The van der Waals surface area contributed by atoms with E-state index in [1.165, 1.54) is 17.8 Å². The maximum Gasteiger partial charge on any atom is 0.234 e. The summed E-state index contributed by atoms with van der Waals surface area (Å²) in [6, 6.07) is 21.3. The Balaban J connectivity index is 1.55. The molecule has 0 aliphatic heterocycles. The Morgan fingerprint density at radius 3 is 2.54 bits per heavy atom. The largest absolute Gasteiger partial charge is 0.495 e. The molecule has 0 saturated carbocycles. The highest BCUT2D eigenvalue weighted by Crippen LogP contribution is 2.30. The number of hydrogen-bond acceptors (Lipinski definition) is 6. The molecule has 1 N–H and O–H groups in total. The predicted molar refractivity (Wildman–Crippen MR) is 134 cm³/mol. The zero-order chi connectivity index (χ0) is 24.8. The van der Waals surface area contributed by atoms with E-state index < -0.39 is 11.9 Å². The van der Waals surface area contributed by atoms with Crippen LogP contribution >= 0.6 is 11.8 Å². The van der Waals surface area contributed by atoms with Crippen LogP contribution in [0.15, 0.2) is 78.0 Å². The number of rotatable bonds is 9. The van der Waals surface area contributed by atoms with Crippen molar-refractivity contribution in [2.24, 2.45) is 0 Å². The number of nitrogens with zero attached hydrogens (tertiary/aromatic N) is 3. The van der Waals surface area contributed by atoms with Crippen LogP contribution in [0.3, 0.4) is 0 Å². The highest BCUT2D eigenvalue weighted by atomic mass is 32.2. The van der Waals surface area contributed by atoms with Crippen LogP contribution in [0.5, 0.6) is 11.5 Å². The maximum absolute atomic E-state index is 14.1. The van der Waals surface area contributed by atoms with E-state index in [2.05, 4.69) is 15.5 Å². The van der Waals surface area contributed by atoms with E-state index in [0.717, 1.165) is 11.3 Å². The van der Waals surface area contributed by atoms with Gasteiger partial charge >= 0.3 is 0 Å². The summed E-state index contributed by atoms with van der Waals surface area (Å²) >= 11 is 1.24. The van der Waals surface area contributed by atoms with Crippen LogP contribution in [0, 0.1) is 12.7 Å². The van der Waals surface area contributed by atoms with E-state index >= 15 is 0 Å². The first-order chi connectivity index (χ1) is 17.0. The fourth-order valence-corrected chi connectivity index (χ4v) is 4.24. The number of ether oxygens (including phenoxy) is 2. The number of carbonyl (C=O) groups is 1. The van der Waals surface area contributed by atoms with Crippen LogP contribution in [0.4, 0.5) is 10.1 Å². The molecule has 4 aromatic rings.